The molecule has 1 saturated heterocycles. The van der Waals surface area contributed by atoms with Crippen LogP contribution in [0.3, 0.4) is 0 Å². The van der Waals surface area contributed by atoms with E-state index in [1.807, 2.05) is 0 Å². The fourth-order valence-corrected chi connectivity index (χ4v) is 4.67. The molecule has 0 spiro atoms. The number of carbonyl (C=O) groups excluding carboxylic acids is 1. The maximum Gasteiger partial charge on any atom is 0.252 e. The van der Waals surface area contributed by atoms with E-state index < -0.39 is 10.0 Å². The third kappa shape index (κ3) is 3.57. The van der Waals surface area contributed by atoms with Gasteiger partial charge >= 0.3 is 0 Å². The Bertz CT molecular complexity index is 562. The van der Waals surface area contributed by atoms with E-state index in [1.165, 1.54) is 15.6 Å². The summed E-state index contributed by atoms with van der Waals surface area (Å²) in [5, 5.41) is 2.74. The van der Waals surface area contributed by atoms with Crippen LogP contribution in [-0.2, 0) is 26.1 Å². The molecule has 0 atom stereocenters. The molecule has 1 aromatic heterocycles. The Morgan fingerprint density at radius 1 is 1.40 bits per heavy atom. The van der Waals surface area contributed by atoms with E-state index in [-0.39, 0.29) is 5.91 Å². The second-order valence-electron chi connectivity index (χ2n) is 4.37. The highest BCUT2D eigenvalue weighted by atomic mass is 32.2. The number of carbonyl (C=O) groups is 1. The molecule has 2 rings (SSSR count). The number of sulfonamides is 1. The Morgan fingerprint density at radius 3 is 2.75 bits per heavy atom. The summed E-state index contributed by atoms with van der Waals surface area (Å²) < 4.78 is 31.7. The number of nitrogens with zero attached hydrogens (tertiary/aromatic N) is 1. The molecule has 1 aliphatic rings. The third-order valence-electron chi connectivity index (χ3n) is 2.98. The van der Waals surface area contributed by atoms with Gasteiger partial charge in [-0.05, 0) is 12.1 Å². The van der Waals surface area contributed by atoms with Crippen molar-refractivity contribution in [2.24, 2.45) is 0 Å². The monoisotopic (exact) mass is 318 g/mol. The van der Waals surface area contributed by atoms with Gasteiger partial charge in [-0.1, -0.05) is 6.92 Å². The molecule has 0 saturated carbocycles. The summed E-state index contributed by atoms with van der Waals surface area (Å²) in [6, 6.07) is 3.34. The molecule has 0 radical (unpaired) electrons. The largest absolute Gasteiger partial charge is 0.379 e. The molecule has 0 aromatic carbocycles. The Morgan fingerprint density at radius 2 is 2.10 bits per heavy atom. The molecule has 1 fully saturated rings. The second-order valence-corrected chi connectivity index (χ2v) is 7.70. The number of hydrogen-bond donors (Lipinski definition) is 1. The first-order chi connectivity index (χ1) is 9.54. The van der Waals surface area contributed by atoms with Crippen LogP contribution in [0, 0.1) is 0 Å². The van der Waals surface area contributed by atoms with Crippen molar-refractivity contribution < 1.29 is 17.9 Å². The molecule has 0 aliphatic carbocycles. The van der Waals surface area contributed by atoms with Gasteiger partial charge in [0.05, 0.1) is 19.8 Å². The lowest BCUT2D eigenvalue weighted by Gasteiger charge is -2.25. The van der Waals surface area contributed by atoms with E-state index >= 15 is 0 Å². The molecule has 1 N–H and O–H groups in total. The Kier molecular flexibility index (Phi) is 5.14. The lowest BCUT2D eigenvalue weighted by atomic mass is 10.4. The van der Waals surface area contributed by atoms with Gasteiger partial charge < -0.3 is 10.1 Å². The lowest BCUT2D eigenvalue weighted by Crippen LogP contribution is -2.40. The van der Waals surface area contributed by atoms with Crippen molar-refractivity contribution in [1.29, 1.82) is 0 Å². The smallest absolute Gasteiger partial charge is 0.252 e. The minimum Gasteiger partial charge on any atom is -0.379 e. The molecule has 1 aromatic rings. The van der Waals surface area contributed by atoms with Crippen LogP contribution in [0.1, 0.15) is 18.2 Å². The Hall–Kier alpha value is -0.960. The van der Waals surface area contributed by atoms with Gasteiger partial charge in [0.1, 0.15) is 4.21 Å². The topological polar surface area (TPSA) is 75.7 Å². The maximum absolute atomic E-state index is 12.4. The first-order valence-corrected chi connectivity index (χ1v) is 8.73. The van der Waals surface area contributed by atoms with Crippen LogP contribution in [-0.4, -0.2) is 44.9 Å². The molecule has 112 valence electrons. The zero-order valence-electron chi connectivity index (χ0n) is 11.3. The molecule has 1 aliphatic heterocycles. The zero-order chi connectivity index (χ0) is 14.6. The van der Waals surface area contributed by atoms with Crippen LogP contribution >= 0.6 is 11.3 Å². The van der Waals surface area contributed by atoms with Gasteiger partial charge in [-0.25, -0.2) is 8.42 Å². The van der Waals surface area contributed by atoms with Crippen molar-refractivity contribution in [3.8, 4) is 0 Å². The number of amides is 1. The van der Waals surface area contributed by atoms with E-state index in [0.29, 0.717) is 43.5 Å². The predicted molar refractivity (Wildman–Crippen MR) is 76.0 cm³/mol. The quantitative estimate of drug-likeness (QED) is 0.871. The van der Waals surface area contributed by atoms with Gasteiger partial charge in [0.15, 0.2) is 0 Å². The van der Waals surface area contributed by atoms with Crippen molar-refractivity contribution in [1.82, 2.24) is 9.62 Å². The summed E-state index contributed by atoms with van der Waals surface area (Å²) >= 11 is 1.20. The van der Waals surface area contributed by atoms with Gasteiger partial charge in [-0.3, -0.25) is 4.79 Å². The lowest BCUT2D eigenvalue weighted by molar-refractivity contribution is -0.120. The highest BCUT2D eigenvalue weighted by Crippen LogP contribution is 2.25. The van der Waals surface area contributed by atoms with Crippen molar-refractivity contribution in [3.05, 3.63) is 17.0 Å². The SMILES string of the molecule is CCC(=O)NCc1ccc(S(=O)(=O)N2CCOCC2)s1. The fraction of sp³-hybridized carbons (Fsp3) is 0.583. The van der Waals surface area contributed by atoms with E-state index in [9.17, 15) is 13.2 Å². The van der Waals surface area contributed by atoms with Gasteiger partial charge in [-0.2, -0.15) is 4.31 Å². The van der Waals surface area contributed by atoms with Crippen LogP contribution < -0.4 is 5.32 Å². The van der Waals surface area contributed by atoms with Gasteiger partial charge in [0, 0.05) is 24.4 Å². The van der Waals surface area contributed by atoms with Crippen LogP contribution in [0.15, 0.2) is 16.3 Å². The first-order valence-electron chi connectivity index (χ1n) is 6.47. The number of hydrogen-bond acceptors (Lipinski definition) is 5. The minimum atomic E-state index is -3.43. The van der Waals surface area contributed by atoms with E-state index in [1.54, 1.807) is 19.1 Å². The average molecular weight is 318 g/mol. The van der Waals surface area contributed by atoms with E-state index in [0.717, 1.165) is 4.88 Å². The summed E-state index contributed by atoms with van der Waals surface area (Å²) in [5.74, 6) is -0.0454. The molecule has 1 amide bonds. The Labute approximate surface area is 122 Å². The normalized spacial score (nSPS) is 17.1. The standard InChI is InChI=1S/C12H18N2O4S2/c1-2-11(15)13-9-10-3-4-12(19-10)20(16,17)14-5-7-18-8-6-14/h3-4H,2,5-9H2,1H3,(H,13,15). The van der Waals surface area contributed by atoms with Crippen molar-refractivity contribution in [2.45, 2.75) is 24.1 Å². The number of rotatable bonds is 5. The summed E-state index contributed by atoms with van der Waals surface area (Å²) in [6.07, 6.45) is 0.421. The van der Waals surface area contributed by atoms with Gasteiger partial charge in [0.2, 0.25) is 5.91 Å². The number of ether oxygens (including phenoxy) is 1. The number of thiophene rings is 1. The second kappa shape index (κ2) is 6.66. The summed E-state index contributed by atoms with van der Waals surface area (Å²) in [5.41, 5.74) is 0. The predicted octanol–water partition coefficient (Wildman–Crippen LogP) is 0.795. The number of nitrogens with one attached hydrogen (secondary N) is 1. The third-order valence-corrected chi connectivity index (χ3v) is 6.43. The first kappa shape index (κ1) is 15.4. The van der Waals surface area contributed by atoms with Crippen molar-refractivity contribution in [3.63, 3.8) is 0 Å². The summed E-state index contributed by atoms with van der Waals surface area (Å²) in [6.45, 7) is 3.80. The van der Waals surface area contributed by atoms with E-state index in [2.05, 4.69) is 5.32 Å². The molecule has 6 nitrogen and oxygen atoms in total. The summed E-state index contributed by atoms with van der Waals surface area (Å²) in [7, 11) is -3.43. The van der Waals surface area contributed by atoms with E-state index in [4.69, 9.17) is 4.74 Å². The molecule has 0 bridgehead atoms. The molecule has 2 heterocycles. The fourth-order valence-electron chi connectivity index (χ4n) is 1.82. The van der Waals surface area contributed by atoms with Gasteiger partial charge in [0.25, 0.3) is 10.0 Å². The van der Waals surface area contributed by atoms with Crippen LogP contribution in [0.25, 0.3) is 0 Å². The van der Waals surface area contributed by atoms with Crippen molar-refractivity contribution in [2.75, 3.05) is 26.3 Å². The maximum atomic E-state index is 12.4. The van der Waals surface area contributed by atoms with Crippen LogP contribution in [0.4, 0.5) is 0 Å². The van der Waals surface area contributed by atoms with Crippen LogP contribution in [0.5, 0.6) is 0 Å². The van der Waals surface area contributed by atoms with Crippen LogP contribution in [0.2, 0.25) is 0 Å². The molecule has 20 heavy (non-hydrogen) atoms. The van der Waals surface area contributed by atoms with Gasteiger partial charge in [-0.15, -0.1) is 11.3 Å². The van der Waals surface area contributed by atoms with Crippen molar-refractivity contribution >= 4 is 27.3 Å². The summed E-state index contributed by atoms with van der Waals surface area (Å²) in [4.78, 5) is 12.0. The average Bonchev–Trinajstić information content (AvgIpc) is 2.95. The zero-order valence-corrected chi connectivity index (χ0v) is 12.9. The molecule has 8 heteroatoms. The highest BCUT2D eigenvalue weighted by molar-refractivity contribution is 7.91. The molecule has 0 unspecified atom stereocenters. The number of morpholine rings is 1. The highest BCUT2D eigenvalue weighted by Gasteiger charge is 2.27. The molecular formula is C12H18N2O4S2. The molecular weight excluding hydrogens is 300 g/mol. The minimum absolute atomic E-state index is 0.0454. The Balaban J connectivity index is 2.05.